The van der Waals surface area contributed by atoms with Crippen LogP contribution in [0.3, 0.4) is 0 Å². The Kier molecular flexibility index (Phi) is 60.4. The molecule has 0 spiro atoms. The highest BCUT2D eigenvalue weighted by atomic mass is 16.6. The van der Waals surface area contributed by atoms with E-state index in [2.05, 4.69) is 154 Å². The maximum absolute atomic E-state index is 12.9. The molecule has 0 bridgehead atoms. The van der Waals surface area contributed by atoms with Crippen molar-refractivity contribution in [1.29, 1.82) is 0 Å². The van der Waals surface area contributed by atoms with E-state index < -0.39 is 6.10 Å². The van der Waals surface area contributed by atoms with Gasteiger partial charge in [-0.15, -0.1) is 0 Å². The van der Waals surface area contributed by atoms with Crippen molar-refractivity contribution in [3.8, 4) is 0 Å². The summed E-state index contributed by atoms with van der Waals surface area (Å²) in [5.41, 5.74) is 0. The maximum Gasteiger partial charge on any atom is 0.306 e. The first kappa shape index (κ1) is 72.5. The van der Waals surface area contributed by atoms with Gasteiger partial charge in [-0.25, -0.2) is 0 Å². The molecular formula is C71H116O6. The van der Waals surface area contributed by atoms with Gasteiger partial charge in [0.2, 0.25) is 0 Å². The minimum Gasteiger partial charge on any atom is -0.462 e. The van der Waals surface area contributed by atoms with E-state index >= 15 is 0 Å². The number of hydrogen-bond acceptors (Lipinski definition) is 6. The average molecular weight is 1070 g/mol. The molecule has 0 rings (SSSR count). The first-order valence-electron chi connectivity index (χ1n) is 31.7. The minimum atomic E-state index is -0.801. The SMILES string of the molecule is CC/C=C\C/C=C\C/C=C\C/C=C\C/C=C\C/C=C\CCCCCCC(=O)OCC(COC(=O)CCCCCCC/C=C\CCCCCC)OC(=O)CCCCCCCCCCCC/C=C\C/C=C\C/C=C\C/C=C\CC. The topological polar surface area (TPSA) is 78.9 Å². The summed E-state index contributed by atoms with van der Waals surface area (Å²) in [6, 6.07) is 0. The van der Waals surface area contributed by atoms with Gasteiger partial charge >= 0.3 is 17.9 Å². The number of rotatable bonds is 56. The monoisotopic (exact) mass is 1060 g/mol. The summed E-state index contributed by atoms with van der Waals surface area (Å²) in [4.78, 5) is 38.3. The lowest BCUT2D eigenvalue weighted by atomic mass is 10.0. The second-order valence-electron chi connectivity index (χ2n) is 20.5. The molecule has 0 aliphatic rings. The van der Waals surface area contributed by atoms with Gasteiger partial charge in [0.1, 0.15) is 13.2 Å². The van der Waals surface area contributed by atoms with Crippen molar-refractivity contribution in [2.24, 2.45) is 0 Å². The molecule has 1 atom stereocenters. The zero-order chi connectivity index (χ0) is 55.7. The minimum absolute atomic E-state index is 0.0956. The highest BCUT2D eigenvalue weighted by Gasteiger charge is 2.19. The third-order valence-corrected chi connectivity index (χ3v) is 13.1. The molecular weight excluding hydrogens is 949 g/mol. The largest absolute Gasteiger partial charge is 0.462 e. The summed E-state index contributed by atoms with van der Waals surface area (Å²) in [5, 5.41) is 0. The van der Waals surface area contributed by atoms with Gasteiger partial charge in [0, 0.05) is 19.3 Å². The molecule has 0 amide bonds. The Morgan fingerprint density at radius 3 is 0.805 bits per heavy atom. The lowest BCUT2D eigenvalue weighted by molar-refractivity contribution is -0.167. The van der Waals surface area contributed by atoms with Gasteiger partial charge in [0.25, 0.3) is 0 Å². The van der Waals surface area contributed by atoms with Crippen LogP contribution in [-0.4, -0.2) is 37.2 Å². The number of ether oxygens (including phenoxy) is 3. The molecule has 436 valence electrons. The van der Waals surface area contributed by atoms with Crippen LogP contribution >= 0.6 is 0 Å². The summed E-state index contributed by atoms with van der Waals surface area (Å²) in [6.45, 7) is 6.37. The van der Waals surface area contributed by atoms with Crippen molar-refractivity contribution in [3.05, 3.63) is 134 Å². The molecule has 0 N–H and O–H groups in total. The van der Waals surface area contributed by atoms with Crippen LogP contribution in [0.2, 0.25) is 0 Å². The van der Waals surface area contributed by atoms with E-state index in [0.717, 1.165) is 148 Å². The number of allylic oxidation sites excluding steroid dienone is 22. The normalized spacial score (nSPS) is 13.0. The van der Waals surface area contributed by atoms with Crippen molar-refractivity contribution in [1.82, 2.24) is 0 Å². The van der Waals surface area contributed by atoms with Crippen LogP contribution in [-0.2, 0) is 28.6 Å². The van der Waals surface area contributed by atoms with Gasteiger partial charge in [-0.2, -0.15) is 0 Å². The third-order valence-electron chi connectivity index (χ3n) is 13.1. The Morgan fingerprint density at radius 1 is 0.273 bits per heavy atom. The van der Waals surface area contributed by atoms with E-state index in [1.54, 1.807) is 0 Å². The Labute approximate surface area is 475 Å². The molecule has 0 saturated carbocycles. The highest BCUT2D eigenvalue weighted by Crippen LogP contribution is 2.15. The molecule has 0 aromatic carbocycles. The van der Waals surface area contributed by atoms with Gasteiger partial charge in [-0.3, -0.25) is 14.4 Å². The van der Waals surface area contributed by atoms with E-state index in [1.807, 2.05) is 0 Å². The Morgan fingerprint density at radius 2 is 0.506 bits per heavy atom. The van der Waals surface area contributed by atoms with Crippen molar-refractivity contribution in [3.63, 3.8) is 0 Å². The average Bonchev–Trinajstić information content (AvgIpc) is 3.43. The molecule has 0 aromatic rings. The molecule has 0 fully saturated rings. The van der Waals surface area contributed by atoms with Crippen molar-refractivity contribution >= 4 is 17.9 Å². The van der Waals surface area contributed by atoms with Crippen LogP contribution in [0.15, 0.2) is 134 Å². The van der Waals surface area contributed by atoms with Crippen LogP contribution in [0, 0.1) is 0 Å². The Balaban J connectivity index is 4.42. The van der Waals surface area contributed by atoms with Gasteiger partial charge < -0.3 is 14.2 Å². The van der Waals surface area contributed by atoms with Crippen LogP contribution in [0.5, 0.6) is 0 Å². The second kappa shape index (κ2) is 64.1. The van der Waals surface area contributed by atoms with Crippen molar-refractivity contribution in [2.45, 2.75) is 284 Å². The molecule has 1 unspecified atom stereocenters. The molecule has 0 heterocycles. The van der Waals surface area contributed by atoms with Gasteiger partial charge in [-0.1, -0.05) is 257 Å². The summed E-state index contributed by atoms with van der Waals surface area (Å²) in [7, 11) is 0. The van der Waals surface area contributed by atoms with E-state index in [1.165, 1.54) is 89.9 Å². The smallest absolute Gasteiger partial charge is 0.306 e. The molecule has 0 aromatic heterocycles. The van der Waals surface area contributed by atoms with E-state index in [4.69, 9.17) is 14.2 Å². The maximum atomic E-state index is 12.9. The summed E-state index contributed by atoms with van der Waals surface area (Å²) in [5.74, 6) is -0.932. The molecule has 77 heavy (non-hydrogen) atoms. The van der Waals surface area contributed by atoms with E-state index in [-0.39, 0.29) is 31.1 Å². The van der Waals surface area contributed by atoms with E-state index in [9.17, 15) is 14.4 Å². The fourth-order valence-electron chi connectivity index (χ4n) is 8.43. The molecule has 0 radical (unpaired) electrons. The van der Waals surface area contributed by atoms with Crippen LogP contribution in [0.4, 0.5) is 0 Å². The first-order valence-corrected chi connectivity index (χ1v) is 31.7. The number of unbranched alkanes of at least 4 members (excludes halogenated alkanes) is 23. The number of carbonyl (C=O) groups is 3. The lowest BCUT2D eigenvalue weighted by Crippen LogP contribution is -2.30. The van der Waals surface area contributed by atoms with Crippen molar-refractivity contribution in [2.75, 3.05) is 13.2 Å². The van der Waals surface area contributed by atoms with Crippen LogP contribution in [0.25, 0.3) is 0 Å². The highest BCUT2D eigenvalue weighted by molar-refractivity contribution is 5.71. The Hall–Kier alpha value is -4.45. The fraction of sp³-hybridized carbons (Fsp3) is 0.648. The number of hydrogen-bond donors (Lipinski definition) is 0. The quantitative estimate of drug-likeness (QED) is 0.0261. The van der Waals surface area contributed by atoms with Gasteiger partial charge in [-0.05, 0) is 135 Å². The lowest BCUT2D eigenvalue weighted by Gasteiger charge is -2.18. The standard InChI is InChI=1S/C71H116O6/c1-4-7-10-13-16-19-22-25-27-29-31-33-35-37-39-41-43-46-49-52-55-58-61-64-70(73)76-67-68(66-75-69(72)63-60-57-54-51-48-45-24-21-18-15-12-9-6-3)77-71(74)65-62-59-56-53-50-47-44-42-40-38-36-34-32-30-28-26-23-20-17-14-11-8-5-2/h7-8,10-11,16-17,19-21,24-28,31-34,37,39,43,46,68H,4-6,9,12-15,18,22-23,29-30,35-36,38,40-42,44-45,47-67H2,1-3H3/b10-7-,11-8-,19-16-,20-17-,24-21-,27-25-,28-26-,33-31-,34-32-,39-37-,46-43-. The van der Waals surface area contributed by atoms with Crippen LogP contribution in [0.1, 0.15) is 278 Å². The summed E-state index contributed by atoms with van der Waals surface area (Å²) in [6.07, 6.45) is 90.2. The number of esters is 3. The van der Waals surface area contributed by atoms with Gasteiger partial charge in [0.15, 0.2) is 6.10 Å². The van der Waals surface area contributed by atoms with Gasteiger partial charge in [0.05, 0.1) is 0 Å². The van der Waals surface area contributed by atoms with E-state index in [0.29, 0.717) is 19.3 Å². The van der Waals surface area contributed by atoms with Crippen molar-refractivity contribution < 1.29 is 28.6 Å². The predicted molar refractivity (Wildman–Crippen MR) is 334 cm³/mol. The molecule has 6 heteroatoms. The fourth-order valence-corrected chi connectivity index (χ4v) is 8.43. The molecule has 0 aliphatic carbocycles. The molecule has 0 aliphatic heterocycles. The predicted octanol–water partition coefficient (Wildman–Crippen LogP) is 21.8. The molecule has 6 nitrogen and oxygen atoms in total. The zero-order valence-electron chi connectivity index (χ0n) is 49.9. The first-order chi connectivity index (χ1) is 38.0. The van der Waals surface area contributed by atoms with Crippen LogP contribution < -0.4 is 0 Å². The third kappa shape index (κ3) is 62.3. The summed E-state index contributed by atoms with van der Waals surface area (Å²) < 4.78 is 16.9. The summed E-state index contributed by atoms with van der Waals surface area (Å²) >= 11 is 0. The number of carbonyl (C=O) groups excluding carboxylic acids is 3. The molecule has 0 saturated heterocycles. The zero-order valence-corrected chi connectivity index (χ0v) is 49.9. The second-order valence-corrected chi connectivity index (χ2v) is 20.5. The Bertz CT molecular complexity index is 1650.